The Bertz CT molecular complexity index is 1150. The Morgan fingerprint density at radius 2 is 2.19 bits per heavy atom. The number of rotatable bonds is 4. The molecule has 0 fully saturated rings. The molecule has 0 aliphatic carbocycles. The quantitative estimate of drug-likeness (QED) is 0.525. The summed E-state index contributed by atoms with van der Waals surface area (Å²) >= 11 is 1.46. The van der Waals surface area contributed by atoms with Crippen LogP contribution in [0.5, 0.6) is 0 Å². The molecule has 1 aromatic carbocycles. The van der Waals surface area contributed by atoms with Crippen LogP contribution in [0.4, 0.5) is 5.69 Å². The largest absolute Gasteiger partial charge is 0.360 e. The number of hydrogen-bond acceptors (Lipinski definition) is 9. The van der Waals surface area contributed by atoms with Crippen LogP contribution in [0.3, 0.4) is 0 Å². The number of nitrogens with one attached hydrogen (secondary N) is 2. The molecule has 0 saturated heterocycles. The average molecular weight is 364 g/mol. The summed E-state index contributed by atoms with van der Waals surface area (Å²) < 4.78 is 1.72. The van der Waals surface area contributed by atoms with E-state index in [2.05, 4.69) is 41.2 Å². The van der Waals surface area contributed by atoms with Crippen LogP contribution >= 0.6 is 11.3 Å². The van der Waals surface area contributed by atoms with Crippen LogP contribution in [0, 0.1) is 25.2 Å². The van der Waals surface area contributed by atoms with E-state index in [1.54, 1.807) is 10.7 Å². The highest BCUT2D eigenvalue weighted by Gasteiger charge is 2.12. The van der Waals surface area contributed by atoms with Crippen molar-refractivity contribution in [1.82, 2.24) is 40.4 Å². The monoisotopic (exact) mass is 364 g/mol. The van der Waals surface area contributed by atoms with Gasteiger partial charge >= 0.3 is 0 Å². The molecule has 0 radical (unpaired) electrons. The highest BCUT2D eigenvalue weighted by atomic mass is 32.1. The number of tetrazole rings is 1. The zero-order valence-corrected chi connectivity index (χ0v) is 14.6. The lowest BCUT2D eigenvalue weighted by molar-refractivity contribution is 0.881. The molecule has 10 nitrogen and oxygen atoms in total. The minimum atomic E-state index is 0.234. The molecule has 0 spiro atoms. The molecule has 0 amide bonds. The van der Waals surface area contributed by atoms with Gasteiger partial charge in [-0.25, -0.2) is 0 Å². The van der Waals surface area contributed by atoms with Gasteiger partial charge in [0.15, 0.2) is 5.82 Å². The van der Waals surface area contributed by atoms with Crippen LogP contribution in [0.1, 0.15) is 17.2 Å². The summed E-state index contributed by atoms with van der Waals surface area (Å²) in [4.78, 5) is 0.747. The summed E-state index contributed by atoms with van der Waals surface area (Å²) in [6, 6.07) is 8.00. The van der Waals surface area contributed by atoms with Crippen molar-refractivity contribution in [2.45, 2.75) is 13.8 Å². The molecule has 11 heteroatoms. The topological polar surface area (TPSA) is 133 Å². The smallest absolute Gasteiger partial charge is 0.234 e. The van der Waals surface area contributed by atoms with E-state index in [0.29, 0.717) is 0 Å². The summed E-state index contributed by atoms with van der Waals surface area (Å²) in [7, 11) is 0. The van der Waals surface area contributed by atoms with Crippen LogP contribution in [0.25, 0.3) is 21.1 Å². The van der Waals surface area contributed by atoms with Crippen molar-refractivity contribution in [3.63, 3.8) is 0 Å². The van der Waals surface area contributed by atoms with Gasteiger partial charge in [-0.3, -0.25) is 0 Å². The molecule has 4 aromatic rings. The fraction of sp³-hybridized carbons (Fsp3) is 0.133. The van der Waals surface area contributed by atoms with Gasteiger partial charge in [-0.1, -0.05) is 23.5 Å². The first-order chi connectivity index (χ1) is 12.7. The first-order valence-corrected chi connectivity index (χ1v) is 8.38. The summed E-state index contributed by atoms with van der Waals surface area (Å²) in [5.41, 5.74) is 3.09. The number of benzene rings is 1. The molecule has 0 atom stereocenters. The van der Waals surface area contributed by atoms with Gasteiger partial charge in [0.05, 0.1) is 0 Å². The Labute approximate surface area is 151 Å². The second kappa shape index (κ2) is 6.34. The van der Waals surface area contributed by atoms with Gasteiger partial charge in [-0.15, -0.1) is 20.4 Å². The van der Waals surface area contributed by atoms with E-state index >= 15 is 0 Å². The predicted octanol–water partition coefficient (Wildman–Crippen LogP) is 1.96. The van der Waals surface area contributed by atoms with Crippen molar-refractivity contribution >= 4 is 27.6 Å². The maximum Gasteiger partial charge on any atom is 0.234 e. The average Bonchev–Trinajstić information content (AvgIpc) is 3.37. The molecule has 0 aliphatic heterocycles. The molecule has 26 heavy (non-hydrogen) atoms. The second-order valence-electron chi connectivity index (χ2n) is 5.43. The van der Waals surface area contributed by atoms with Crippen LogP contribution in [0.15, 0.2) is 24.4 Å². The first kappa shape index (κ1) is 15.9. The van der Waals surface area contributed by atoms with E-state index in [1.807, 2.05) is 38.1 Å². The maximum atomic E-state index is 9.26. The molecule has 4 rings (SSSR count). The minimum Gasteiger partial charge on any atom is -0.360 e. The van der Waals surface area contributed by atoms with Crippen LogP contribution in [-0.2, 0) is 0 Å². The van der Waals surface area contributed by atoms with Gasteiger partial charge < -0.3 is 5.32 Å². The van der Waals surface area contributed by atoms with E-state index in [4.69, 9.17) is 0 Å². The molecule has 128 valence electrons. The van der Waals surface area contributed by atoms with Gasteiger partial charge in [-0.05, 0) is 30.7 Å². The van der Waals surface area contributed by atoms with E-state index < -0.39 is 0 Å². The van der Waals surface area contributed by atoms with Crippen molar-refractivity contribution in [3.05, 3.63) is 41.6 Å². The third-order valence-corrected chi connectivity index (χ3v) is 4.66. The highest BCUT2D eigenvalue weighted by molar-refractivity contribution is 7.19. The Hall–Kier alpha value is -3.65. The molecular weight excluding hydrogens is 352 g/mol. The zero-order chi connectivity index (χ0) is 18.1. The number of allylic oxidation sites excluding steroid dienone is 1. The van der Waals surface area contributed by atoms with Crippen molar-refractivity contribution < 1.29 is 0 Å². The summed E-state index contributed by atoms with van der Waals surface area (Å²) in [6.45, 7) is 3.83. The number of aromatic nitrogens is 8. The van der Waals surface area contributed by atoms with E-state index in [1.165, 1.54) is 11.3 Å². The number of anilines is 1. The molecule has 3 aromatic heterocycles. The molecule has 0 aliphatic rings. The number of aryl methyl sites for hydroxylation is 2. The van der Waals surface area contributed by atoms with Crippen molar-refractivity contribution in [3.8, 4) is 16.6 Å². The lowest BCUT2D eigenvalue weighted by Crippen LogP contribution is -1.96. The molecule has 0 bridgehead atoms. The third-order valence-electron chi connectivity index (χ3n) is 3.71. The van der Waals surface area contributed by atoms with Gasteiger partial charge in [0.25, 0.3) is 0 Å². The minimum absolute atomic E-state index is 0.234. The van der Waals surface area contributed by atoms with Crippen LogP contribution < -0.4 is 5.32 Å². The van der Waals surface area contributed by atoms with Crippen molar-refractivity contribution in [1.29, 1.82) is 5.26 Å². The van der Waals surface area contributed by atoms with E-state index in [0.717, 1.165) is 32.6 Å². The SMILES string of the molecule is Cc1ccc(-c2nn3c(C)nnc3s2)cc1NC=C(C#N)c1nn[nH]n1. The fourth-order valence-electron chi connectivity index (χ4n) is 2.31. The van der Waals surface area contributed by atoms with Crippen molar-refractivity contribution in [2.24, 2.45) is 0 Å². The number of fused-ring (bicyclic) bond motifs is 1. The number of aromatic amines is 1. The summed E-state index contributed by atoms with van der Waals surface area (Å²) in [5, 5.41) is 39.3. The van der Waals surface area contributed by atoms with E-state index in [-0.39, 0.29) is 11.4 Å². The predicted molar refractivity (Wildman–Crippen MR) is 95.0 cm³/mol. The van der Waals surface area contributed by atoms with Gasteiger partial charge in [0.2, 0.25) is 10.8 Å². The third kappa shape index (κ3) is 2.78. The lowest BCUT2D eigenvalue weighted by Gasteiger charge is -2.07. The fourth-order valence-corrected chi connectivity index (χ4v) is 3.20. The Balaban J connectivity index is 1.67. The molecule has 2 N–H and O–H groups in total. The Morgan fingerprint density at radius 1 is 1.31 bits per heavy atom. The number of H-pyrrole nitrogens is 1. The molecule has 0 saturated carbocycles. The maximum absolute atomic E-state index is 9.26. The molecular formula is C15H12N10S. The zero-order valence-electron chi connectivity index (χ0n) is 13.8. The molecule has 0 unspecified atom stereocenters. The van der Waals surface area contributed by atoms with Gasteiger partial charge in [-0.2, -0.15) is 20.1 Å². The highest BCUT2D eigenvalue weighted by Crippen LogP contribution is 2.29. The van der Waals surface area contributed by atoms with E-state index in [9.17, 15) is 5.26 Å². The number of nitrogens with zero attached hydrogens (tertiary/aromatic N) is 8. The summed E-state index contributed by atoms with van der Waals surface area (Å²) in [5.74, 6) is 0.979. The number of nitriles is 1. The second-order valence-corrected chi connectivity index (χ2v) is 6.38. The van der Waals surface area contributed by atoms with Crippen molar-refractivity contribution in [2.75, 3.05) is 5.32 Å². The Morgan fingerprint density at radius 3 is 2.92 bits per heavy atom. The van der Waals surface area contributed by atoms with Crippen LogP contribution in [-0.4, -0.2) is 40.4 Å². The normalized spacial score (nSPS) is 11.7. The Kier molecular flexibility index (Phi) is 3.86. The number of hydrogen-bond donors (Lipinski definition) is 2. The standard InChI is InChI=1S/C15H12N10S/c1-8-3-4-10(14-22-25-9(2)18-21-15(25)26-14)5-12(8)17-7-11(6-16)13-19-23-24-20-13/h3-5,7,17H,1-2H3,(H,19,20,23,24). The lowest BCUT2D eigenvalue weighted by atomic mass is 10.1. The van der Waals surface area contributed by atoms with Gasteiger partial charge in [0, 0.05) is 17.5 Å². The summed E-state index contributed by atoms with van der Waals surface area (Å²) in [6.07, 6.45) is 1.56. The first-order valence-electron chi connectivity index (χ1n) is 7.56. The molecule has 3 heterocycles. The van der Waals surface area contributed by atoms with Gasteiger partial charge in [0.1, 0.15) is 16.6 Å². The van der Waals surface area contributed by atoms with Crippen LogP contribution in [0.2, 0.25) is 0 Å².